The molecule has 3 aromatic carbocycles. The van der Waals surface area contributed by atoms with Crippen LogP contribution < -0.4 is 9.47 Å². The zero-order chi connectivity index (χ0) is 34.0. The monoisotopic (exact) mass is 651 g/mol. The van der Waals surface area contributed by atoms with E-state index in [0.717, 1.165) is 12.8 Å². The van der Waals surface area contributed by atoms with E-state index < -0.39 is 0 Å². The first-order valence-electron chi connectivity index (χ1n) is 17.0. The number of anilines is 1. The topological polar surface area (TPSA) is 7.12 Å². The highest BCUT2D eigenvalue weighted by molar-refractivity contribution is 8.03. The van der Waals surface area contributed by atoms with E-state index in [-0.39, 0.29) is 0 Å². The van der Waals surface area contributed by atoms with Gasteiger partial charge in [-0.15, -0.1) is 0 Å². The van der Waals surface area contributed by atoms with E-state index in [1.807, 2.05) is 64.6 Å². The molecule has 2 heterocycles. The van der Waals surface area contributed by atoms with Gasteiger partial charge in [0.2, 0.25) is 5.52 Å². The van der Waals surface area contributed by atoms with Crippen molar-refractivity contribution >= 4 is 45.1 Å². The number of aryl methyl sites for hydroxylation is 5. The fourth-order valence-electron chi connectivity index (χ4n) is 5.68. The number of allylic oxidation sites excluding steroid dienone is 6. The summed E-state index contributed by atoms with van der Waals surface area (Å²) < 4.78 is 3.68. The molecule has 0 spiro atoms. The summed E-state index contributed by atoms with van der Waals surface area (Å²) >= 11 is 3.75. The van der Waals surface area contributed by atoms with Gasteiger partial charge in [0.15, 0.2) is 0 Å². The second-order valence-electron chi connectivity index (χ2n) is 11.3. The molecular weight excluding hydrogens is 597 g/mol. The molecule has 0 fully saturated rings. The van der Waals surface area contributed by atoms with Crippen molar-refractivity contribution in [3.05, 3.63) is 128 Å². The van der Waals surface area contributed by atoms with Gasteiger partial charge in [0.05, 0.1) is 10.7 Å². The van der Waals surface area contributed by atoms with Crippen LogP contribution in [-0.4, -0.2) is 7.05 Å². The molecule has 1 unspecified atom stereocenters. The fraction of sp³-hybridized carbons (Fsp3) is 0.357. The number of fused-ring (bicyclic) bond motifs is 2. The molecule has 46 heavy (non-hydrogen) atoms. The molecule has 0 saturated heterocycles. The summed E-state index contributed by atoms with van der Waals surface area (Å²) in [5.41, 5.74) is 12.2. The number of benzene rings is 3. The summed E-state index contributed by atoms with van der Waals surface area (Å²) in [6, 6.07) is 20.3. The number of nitrogens with zero attached hydrogens (tertiary/aromatic N) is 2. The molecule has 2 nitrogen and oxygen atoms in total. The summed E-state index contributed by atoms with van der Waals surface area (Å²) in [6.45, 7) is 20.8. The predicted octanol–water partition coefficient (Wildman–Crippen LogP) is 12.6. The highest BCUT2D eigenvalue weighted by Gasteiger charge is 2.23. The van der Waals surface area contributed by atoms with Crippen LogP contribution in [0.5, 0.6) is 0 Å². The molecule has 4 heteroatoms. The van der Waals surface area contributed by atoms with E-state index in [9.17, 15) is 0 Å². The van der Waals surface area contributed by atoms with Gasteiger partial charge in [-0.25, -0.2) is 0 Å². The van der Waals surface area contributed by atoms with Crippen LogP contribution in [0, 0.1) is 27.7 Å². The first kappa shape index (κ1) is 37.1. The first-order chi connectivity index (χ1) is 22.3. The van der Waals surface area contributed by atoms with Crippen LogP contribution in [0.3, 0.4) is 0 Å². The van der Waals surface area contributed by atoms with E-state index >= 15 is 0 Å². The van der Waals surface area contributed by atoms with E-state index in [1.54, 1.807) is 0 Å². The quantitative estimate of drug-likeness (QED) is 0.203. The lowest BCUT2D eigenvalue weighted by Crippen LogP contribution is -2.29. The van der Waals surface area contributed by atoms with Crippen LogP contribution in [-0.2, 0) is 7.05 Å². The maximum Gasteiger partial charge on any atom is 0.262 e. The van der Waals surface area contributed by atoms with Crippen LogP contribution in [0.1, 0.15) is 93.1 Å². The molecule has 4 aromatic rings. The lowest BCUT2D eigenvalue weighted by molar-refractivity contribution is -0.642. The van der Waals surface area contributed by atoms with Gasteiger partial charge in [0.25, 0.3) is 5.01 Å². The predicted molar refractivity (Wildman–Crippen MR) is 208 cm³/mol. The Morgan fingerprint density at radius 2 is 1.39 bits per heavy atom. The number of thioether (sulfide) groups is 1. The lowest BCUT2D eigenvalue weighted by atomic mass is 9.81. The molecule has 244 valence electrons. The van der Waals surface area contributed by atoms with E-state index in [2.05, 4.69) is 136 Å². The largest absolute Gasteiger partial charge is 0.338 e. The Morgan fingerprint density at radius 1 is 0.761 bits per heavy atom. The second kappa shape index (κ2) is 17.5. The van der Waals surface area contributed by atoms with Crippen LogP contribution in [0.25, 0.3) is 16.3 Å². The van der Waals surface area contributed by atoms with Gasteiger partial charge in [-0.05, 0) is 110 Å². The van der Waals surface area contributed by atoms with Crippen molar-refractivity contribution in [2.24, 2.45) is 7.05 Å². The lowest BCUT2D eigenvalue weighted by Gasteiger charge is -2.24. The molecule has 1 atom stereocenters. The highest BCUT2D eigenvalue weighted by Crippen LogP contribution is 2.46. The summed E-state index contributed by atoms with van der Waals surface area (Å²) in [4.78, 5) is 3.68. The minimum atomic E-state index is 0.480. The molecule has 0 radical (unpaired) electrons. The van der Waals surface area contributed by atoms with Crippen LogP contribution in [0.15, 0.2) is 100.0 Å². The van der Waals surface area contributed by atoms with Gasteiger partial charge < -0.3 is 4.90 Å². The minimum Gasteiger partial charge on any atom is -0.338 e. The Labute approximate surface area is 288 Å². The zero-order valence-electron chi connectivity index (χ0n) is 30.3. The number of hydrogen-bond acceptors (Lipinski definition) is 3. The van der Waals surface area contributed by atoms with Gasteiger partial charge in [-0.2, -0.15) is 4.57 Å². The smallest absolute Gasteiger partial charge is 0.262 e. The molecule has 0 bridgehead atoms. The summed E-state index contributed by atoms with van der Waals surface area (Å²) in [5.74, 6) is 0.480. The maximum atomic E-state index is 2.41. The molecule has 0 saturated carbocycles. The third-order valence-electron chi connectivity index (χ3n) is 8.45. The third kappa shape index (κ3) is 8.52. The van der Waals surface area contributed by atoms with Crippen molar-refractivity contribution in [3.63, 3.8) is 0 Å². The van der Waals surface area contributed by atoms with Crippen LogP contribution in [0.4, 0.5) is 5.69 Å². The van der Waals surface area contributed by atoms with Crippen molar-refractivity contribution in [2.45, 2.75) is 92.9 Å². The fourth-order valence-corrected chi connectivity index (χ4v) is 7.94. The van der Waals surface area contributed by atoms with Crippen molar-refractivity contribution < 1.29 is 4.57 Å². The van der Waals surface area contributed by atoms with Crippen molar-refractivity contribution in [3.8, 4) is 0 Å². The number of rotatable bonds is 4. The standard InChI is InChI=1S/C36H37N2S2.3C2H6/c1-23-16-31-33(18-25(23)3)39-35(37(31)5)14-12-27-20-28(22-30(21-27)29-10-8-7-9-11-29)13-15-36-38(6)32-17-24(2)26(4)19-34(32)40-36;3*1-2/h7-20,30H,21-22H2,1-6H3;3*1-2H3/q+1;;;. The van der Waals surface area contributed by atoms with Crippen molar-refractivity contribution in [1.82, 2.24) is 0 Å². The maximum absolute atomic E-state index is 2.41. The van der Waals surface area contributed by atoms with Crippen LogP contribution in [0.2, 0.25) is 0 Å². The SMILES string of the molecule is CC.CC.CC.Cc1cc2c(cc1C)N(C)C(=CC=C1C=C(C=Cc3sc4cc(C)c(C)cc4[n+]3C)CC(c3ccccc3)C1)S2. The van der Waals surface area contributed by atoms with Gasteiger partial charge in [0.1, 0.15) is 11.7 Å². The zero-order valence-corrected chi connectivity index (χ0v) is 31.9. The second-order valence-corrected chi connectivity index (χ2v) is 13.4. The van der Waals surface area contributed by atoms with E-state index in [1.165, 1.54) is 69.8 Å². The molecule has 2 aliphatic rings. The average Bonchev–Trinajstić information content (AvgIpc) is 3.56. The van der Waals surface area contributed by atoms with Gasteiger partial charge >= 0.3 is 0 Å². The Morgan fingerprint density at radius 3 is 2.09 bits per heavy atom. The normalized spacial score (nSPS) is 17.2. The molecule has 1 aliphatic carbocycles. The Balaban J connectivity index is 0.000000908. The van der Waals surface area contributed by atoms with Crippen LogP contribution >= 0.6 is 23.1 Å². The Hall–Kier alpha value is -3.34. The Bertz CT molecular complexity index is 1730. The van der Waals surface area contributed by atoms with Gasteiger partial charge in [0, 0.05) is 24.1 Å². The average molecular weight is 652 g/mol. The van der Waals surface area contributed by atoms with Gasteiger partial charge in [-0.1, -0.05) is 113 Å². The van der Waals surface area contributed by atoms with Crippen molar-refractivity contribution in [2.75, 3.05) is 11.9 Å². The molecule has 0 N–H and O–H groups in total. The summed E-state index contributed by atoms with van der Waals surface area (Å²) in [6.07, 6.45) is 13.8. The third-order valence-corrected chi connectivity index (χ3v) is 10.8. The molecule has 1 aliphatic heterocycles. The van der Waals surface area contributed by atoms with Crippen molar-refractivity contribution in [1.29, 1.82) is 0 Å². The molecule has 0 amide bonds. The molecule has 1 aromatic heterocycles. The van der Waals surface area contributed by atoms with E-state index in [4.69, 9.17) is 0 Å². The van der Waals surface area contributed by atoms with Gasteiger partial charge in [-0.3, -0.25) is 0 Å². The highest BCUT2D eigenvalue weighted by atomic mass is 32.2. The van der Waals surface area contributed by atoms with E-state index in [0.29, 0.717) is 5.92 Å². The number of aromatic nitrogens is 1. The summed E-state index contributed by atoms with van der Waals surface area (Å²) in [5, 5.41) is 2.56. The minimum absolute atomic E-state index is 0.480. The molecular formula is C42H55N2S2+. The first-order valence-corrected chi connectivity index (χ1v) is 18.7. The number of hydrogen-bond donors (Lipinski definition) is 0. The summed E-state index contributed by atoms with van der Waals surface area (Å²) in [7, 11) is 4.37. The number of thiazole rings is 1. The Kier molecular flexibility index (Phi) is 14.2. The molecule has 6 rings (SSSR count).